The number of ether oxygens (including phenoxy) is 1. The quantitative estimate of drug-likeness (QED) is 0.813. The molecule has 7 heteroatoms. The number of aliphatic carboxylic acids is 1. The first kappa shape index (κ1) is 16.5. The molecule has 0 saturated carbocycles. The minimum atomic E-state index is -3.24. The van der Waals surface area contributed by atoms with Crippen LogP contribution in [-0.2, 0) is 14.6 Å². The van der Waals surface area contributed by atoms with Crippen LogP contribution in [0.15, 0.2) is 29.2 Å². The molecular formula is C13H19NO5S. The van der Waals surface area contributed by atoms with E-state index in [1.54, 1.807) is 6.92 Å². The SMILES string of the molecule is CC(CC(C)(N)C(=O)O)Oc1ccc(S(C)(=O)=O)cc1. The van der Waals surface area contributed by atoms with E-state index >= 15 is 0 Å². The average molecular weight is 301 g/mol. The standard InChI is InChI=1S/C13H19NO5S/c1-9(8-13(2,14)12(15)16)19-10-4-6-11(7-5-10)20(3,17)18/h4-7,9H,8,14H2,1-3H3,(H,15,16). The number of hydrogen-bond donors (Lipinski definition) is 2. The van der Waals surface area contributed by atoms with Crippen LogP contribution in [0.25, 0.3) is 0 Å². The fourth-order valence-electron chi connectivity index (χ4n) is 1.72. The van der Waals surface area contributed by atoms with E-state index in [-0.39, 0.29) is 11.3 Å². The fraction of sp³-hybridized carbons (Fsp3) is 0.462. The smallest absolute Gasteiger partial charge is 0.323 e. The number of rotatable bonds is 6. The minimum Gasteiger partial charge on any atom is -0.491 e. The summed E-state index contributed by atoms with van der Waals surface area (Å²) in [6, 6.07) is 5.94. The van der Waals surface area contributed by atoms with Gasteiger partial charge in [-0.2, -0.15) is 0 Å². The molecule has 0 aromatic heterocycles. The molecule has 0 fully saturated rings. The van der Waals surface area contributed by atoms with Crippen molar-refractivity contribution in [3.63, 3.8) is 0 Å². The van der Waals surface area contributed by atoms with E-state index in [0.717, 1.165) is 6.26 Å². The van der Waals surface area contributed by atoms with Gasteiger partial charge in [-0.15, -0.1) is 0 Å². The lowest BCUT2D eigenvalue weighted by Gasteiger charge is -2.24. The summed E-state index contributed by atoms with van der Waals surface area (Å²) in [5.41, 5.74) is 4.27. The number of carbonyl (C=O) groups is 1. The topological polar surface area (TPSA) is 107 Å². The molecule has 0 aliphatic carbocycles. The van der Waals surface area contributed by atoms with Crippen molar-refractivity contribution in [3.05, 3.63) is 24.3 Å². The summed E-state index contributed by atoms with van der Waals surface area (Å²) < 4.78 is 28.1. The number of carboxylic acid groups (broad SMARTS) is 1. The van der Waals surface area contributed by atoms with Crippen molar-refractivity contribution in [2.75, 3.05) is 6.26 Å². The minimum absolute atomic E-state index is 0.135. The van der Waals surface area contributed by atoms with E-state index in [1.807, 2.05) is 0 Å². The van der Waals surface area contributed by atoms with Gasteiger partial charge in [0, 0.05) is 12.7 Å². The van der Waals surface area contributed by atoms with Crippen molar-refractivity contribution in [2.24, 2.45) is 5.73 Å². The third kappa shape index (κ3) is 4.50. The Morgan fingerprint density at radius 2 is 1.90 bits per heavy atom. The molecule has 0 saturated heterocycles. The van der Waals surface area contributed by atoms with Gasteiger partial charge in [-0.05, 0) is 38.1 Å². The highest BCUT2D eigenvalue weighted by atomic mass is 32.2. The van der Waals surface area contributed by atoms with E-state index in [0.29, 0.717) is 5.75 Å². The fourth-order valence-corrected chi connectivity index (χ4v) is 2.35. The molecule has 1 aromatic carbocycles. The summed E-state index contributed by atoms with van der Waals surface area (Å²) in [7, 11) is -3.24. The molecule has 6 nitrogen and oxygen atoms in total. The Morgan fingerprint density at radius 1 is 1.40 bits per heavy atom. The Balaban J connectivity index is 2.72. The molecule has 2 unspecified atom stereocenters. The summed E-state index contributed by atoms with van der Waals surface area (Å²) in [5.74, 6) is -0.633. The normalized spacial score (nSPS) is 16.2. The van der Waals surface area contributed by atoms with Crippen molar-refractivity contribution >= 4 is 15.8 Å². The van der Waals surface area contributed by atoms with Gasteiger partial charge in [-0.3, -0.25) is 4.79 Å². The van der Waals surface area contributed by atoms with Gasteiger partial charge >= 0.3 is 5.97 Å². The first-order valence-corrected chi connectivity index (χ1v) is 7.90. The zero-order valence-electron chi connectivity index (χ0n) is 11.7. The summed E-state index contributed by atoms with van der Waals surface area (Å²) in [5, 5.41) is 8.93. The monoisotopic (exact) mass is 301 g/mol. The molecule has 0 radical (unpaired) electrons. The highest BCUT2D eigenvalue weighted by Gasteiger charge is 2.30. The third-order valence-corrected chi connectivity index (χ3v) is 3.92. The number of nitrogens with two attached hydrogens (primary N) is 1. The Morgan fingerprint density at radius 3 is 2.30 bits per heavy atom. The summed E-state index contributed by atoms with van der Waals surface area (Å²) in [6.07, 6.45) is 0.846. The van der Waals surface area contributed by atoms with Crippen molar-refractivity contribution in [1.29, 1.82) is 0 Å². The molecule has 0 spiro atoms. The van der Waals surface area contributed by atoms with Crippen LogP contribution in [0, 0.1) is 0 Å². The highest BCUT2D eigenvalue weighted by Crippen LogP contribution is 2.19. The first-order chi connectivity index (χ1) is 9.02. The lowest BCUT2D eigenvalue weighted by atomic mass is 9.96. The molecule has 0 aliphatic heterocycles. The molecule has 1 aromatic rings. The lowest BCUT2D eigenvalue weighted by Crippen LogP contribution is -2.47. The molecule has 112 valence electrons. The van der Waals surface area contributed by atoms with Crippen LogP contribution in [0.4, 0.5) is 0 Å². The van der Waals surface area contributed by atoms with Gasteiger partial charge in [0.05, 0.1) is 11.0 Å². The number of carboxylic acids is 1. The van der Waals surface area contributed by atoms with Gasteiger partial charge < -0.3 is 15.6 Å². The van der Waals surface area contributed by atoms with Crippen LogP contribution >= 0.6 is 0 Å². The van der Waals surface area contributed by atoms with E-state index in [2.05, 4.69) is 0 Å². The van der Waals surface area contributed by atoms with Gasteiger partial charge in [0.2, 0.25) is 0 Å². The zero-order valence-corrected chi connectivity index (χ0v) is 12.5. The predicted octanol–water partition coefficient (Wildman–Crippen LogP) is 1.05. The summed E-state index contributed by atoms with van der Waals surface area (Å²) >= 11 is 0. The van der Waals surface area contributed by atoms with E-state index in [1.165, 1.54) is 31.2 Å². The second-order valence-electron chi connectivity index (χ2n) is 5.10. The van der Waals surface area contributed by atoms with Gasteiger partial charge in [0.1, 0.15) is 11.3 Å². The van der Waals surface area contributed by atoms with Crippen LogP contribution in [0.2, 0.25) is 0 Å². The molecule has 0 heterocycles. The number of hydrogen-bond acceptors (Lipinski definition) is 5. The molecule has 1 rings (SSSR count). The van der Waals surface area contributed by atoms with E-state index in [4.69, 9.17) is 15.6 Å². The third-order valence-electron chi connectivity index (χ3n) is 2.79. The van der Waals surface area contributed by atoms with Crippen molar-refractivity contribution in [1.82, 2.24) is 0 Å². The number of benzene rings is 1. The number of sulfone groups is 1. The Kier molecular flexibility index (Phi) is 4.77. The average Bonchev–Trinajstić information content (AvgIpc) is 2.27. The lowest BCUT2D eigenvalue weighted by molar-refractivity contribution is -0.143. The first-order valence-electron chi connectivity index (χ1n) is 6.01. The van der Waals surface area contributed by atoms with Crippen molar-refractivity contribution in [2.45, 2.75) is 36.8 Å². The zero-order chi connectivity index (χ0) is 15.6. The van der Waals surface area contributed by atoms with E-state index in [9.17, 15) is 13.2 Å². The second kappa shape index (κ2) is 5.80. The maximum absolute atomic E-state index is 11.3. The van der Waals surface area contributed by atoms with E-state index < -0.39 is 27.4 Å². The molecule has 20 heavy (non-hydrogen) atoms. The van der Waals surface area contributed by atoms with Gasteiger partial charge in [-0.25, -0.2) is 8.42 Å². The van der Waals surface area contributed by atoms with Crippen molar-refractivity contribution < 1.29 is 23.1 Å². The maximum Gasteiger partial charge on any atom is 0.323 e. The molecule has 0 aliphatic rings. The Hall–Kier alpha value is -1.60. The summed E-state index contributed by atoms with van der Waals surface area (Å²) in [6.45, 7) is 3.13. The Labute approximate surface area is 118 Å². The second-order valence-corrected chi connectivity index (χ2v) is 7.11. The van der Waals surface area contributed by atoms with Gasteiger partial charge in [-0.1, -0.05) is 0 Å². The molecule has 0 amide bonds. The molecule has 3 N–H and O–H groups in total. The van der Waals surface area contributed by atoms with Crippen LogP contribution in [0.1, 0.15) is 20.3 Å². The predicted molar refractivity (Wildman–Crippen MR) is 74.5 cm³/mol. The van der Waals surface area contributed by atoms with Crippen LogP contribution in [-0.4, -0.2) is 37.4 Å². The molecular weight excluding hydrogens is 282 g/mol. The molecule has 0 bridgehead atoms. The van der Waals surface area contributed by atoms with Crippen LogP contribution in [0.5, 0.6) is 5.75 Å². The van der Waals surface area contributed by atoms with Crippen molar-refractivity contribution in [3.8, 4) is 5.75 Å². The largest absolute Gasteiger partial charge is 0.491 e. The van der Waals surface area contributed by atoms with Crippen LogP contribution in [0.3, 0.4) is 0 Å². The summed E-state index contributed by atoms with van der Waals surface area (Å²) in [4.78, 5) is 11.1. The molecule has 2 atom stereocenters. The Bertz CT molecular complexity index is 577. The van der Waals surface area contributed by atoms with Gasteiger partial charge in [0.25, 0.3) is 0 Å². The highest BCUT2D eigenvalue weighted by molar-refractivity contribution is 7.90. The van der Waals surface area contributed by atoms with Crippen LogP contribution < -0.4 is 10.5 Å². The van der Waals surface area contributed by atoms with Gasteiger partial charge in [0.15, 0.2) is 9.84 Å². The maximum atomic E-state index is 11.3.